The van der Waals surface area contributed by atoms with Gasteiger partial charge in [0, 0.05) is 48.0 Å². The Labute approximate surface area is 153 Å². The van der Waals surface area contributed by atoms with Crippen molar-refractivity contribution in [2.24, 2.45) is 5.92 Å². The van der Waals surface area contributed by atoms with Gasteiger partial charge in [0.15, 0.2) is 0 Å². The molecule has 0 amide bonds. The SMILES string of the molecule is Nc1ncc(Br)cc1S(=O)(=O)N1CC2CC(C1)c1cccc(=O)n1C2. The monoisotopic (exact) mass is 424 g/mol. The van der Waals surface area contributed by atoms with E-state index < -0.39 is 10.0 Å². The predicted octanol–water partition coefficient (Wildman–Crippen LogP) is 1.40. The predicted molar refractivity (Wildman–Crippen MR) is 96.7 cm³/mol. The smallest absolute Gasteiger partial charge is 0.250 e. The maximum Gasteiger partial charge on any atom is 0.250 e. The number of hydrogen-bond donors (Lipinski definition) is 1. The molecule has 2 unspecified atom stereocenters. The summed E-state index contributed by atoms with van der Waals surface area (Å²) in [5.41, 5.74) is 6.69. The maximum atomic E-state index is 13.1. The van der Waals surface area contributed by atoms with Crippen LogP contribution in [0.25, 0.3) is 0 Å². The number of fused-ring (bicyclic) bond motifs is 4. The van der Waals surface area contributed by atoms with Gasteiger partial charge in [0.2, 0.25) is 10.0 Å². The summed E-state index contributed by atoms with van der Waals surface area (Å²) >= 11 is 3.25. The molecule has 1 saturated heterocycles. The number of pyridine rings is 2. The molecule has 4 heterocycles. The van der Waals surface area contributed by atoms with Gasteiger partial charge in [-0.3, -0.25) is 4.79 Å². The van der Waals surface area contributed by atoms with Crippen molar-refractivity contribution in [3.05, 3.63) is 51.0 Å². The first-order chi connectivity index (χ1) is 11.9. The van der Waals surface area contributed by atoms with Crippen LogP contribution in [0.4, 0.5) is 5.82 Å². The molecule has 2 N–H and O–H groups in total. The number of piperidine rings is 1. The van der Waals surface area contributed by atoms with Crippen molar-refractivity contribution >= 4 is 31.8 Å². The van der Waals surface area contributed by atoms with E-state index in [1.54, 1.807) is 16.7 Å². The molecule has 4 rings (SSSR count). The molecule has 1 fully saturated rings. The van der Waals surface area contributed by atoms with Crippen molar-refractivity contribution in [2.45, 2.75) is 23.8 Å². The zero-order valence-corrected chi connectivity index (χ0v) is 15.7. The second-order valence-corrected chi connectivity index (χ2v) is 9.38. The zero-order chi connectivity index (χ0) is 17.8. The number of nitrogens with zero attached hydrogens (tertiary/aromatic N) is 3. The molecular formula is C16H17BrN4O3S. The normalized spacial score (nSPS) is 23.2. The first kappa shape index (κ1) is 16.7. The number of rotatable bonds is 2. The van der Waals surface area contributed by atoms with Crippen LogP contribution in [0.15, 0.2) is 44.6 Å². The van der Waals surface area contributed by atoms with E-state index in [2.05, 4.69) is 20.9 Å². The lowest BCUT2D eigenvalue weighted by molar-refractivity contribution is 0.186. The largest absolute Gasteiger partial charge is 0.383 e. The second-order valence-electron chi connectivity index (χ2n) is 6.56. The van der Waals surface area contributed by atoms with E-state index in [4.69, 9.17) is 5.73 Å². The number of hydrogen-bond acceptors (Lipinski definition) is 5. The Balaban J connectivity index is 1.72. The van der Waals surface area contributed by atoms with Gasteiger partial charge in [-0.15, -0.1) is 0 Å². The van der Waals surface area contributed by atoms with Crippen molar-refractivity contribution in [1.82, 2.24) is 13.9 Å². The third kappa shape index (κ3) is 2.80. The van der Waals surface area contributed by atoms with Gasteiger partial charge < -0.3 is 10.3 Å². The lowest BCUT2D eigenvalue weighted by atomic mass is 9.84. The molecule has 0 saturated carbocycles. The van der Waals surface area contributed by atoms with Crippen LogP contribution >= 0.6 is 15.9 Å². The fourth-order valence-corrected chi connectivity index (χ4v) is 5.96. The van der Waals surface area contributed by atoms with Crippen LogP contribution in [-0.4, -0.2) is 35.4 Å². The minimum absolute atomic E-state index is 0.00412. The summed E-state index contributed by atoms with van der Waals surface area (Å²) in [6, 6.07) is 6.68. The molecule has 2 aliphatic rings. The number of nitrogens with two attached hydrogens (primary N) is 1. The highest BCUT2D eigenvalue weighted by atomic mass is 79.9. The van der Waals surface area contributed by atoms with Crippen LogP contribution in [0, 0.1) is 5.92 Å². The van der Waals surface area contributed by atoms with Gasteiger partial charge in [0.25, 0.3) is 5.56 Å². The summed E-state index contributed by atoms with van der Waals surface area (Å²) in [5, 5.41) is 0. The highest BCUT2D eigenvalue weighted by Gasteiger charge is 2.40. The standard InChI is InChI=1S/C16H17BrN4O3S/c17-12-5-14(16(18)19-6-12)25(23,24)20-7-10-4-11(9-20)13-2-1-3-15(22)21(13)8-10/h1-3,5-6,10-11H,4,7-9H2,(H2,18,19). The Morgan fingerprint density at radius 1 is 1.24 bits per heavy atom. The molecule has 2 aromatic heterocycles. The molecule has 132 valence electrons. The van der Waals surface area contributed by atoms with Crippen LogP contribution in [0.3, 0.4) is 0 Å². The highest BCUT2D eigenvalue weighted by Crippen LogP contribution is 2.37. The van der Waals surface area contributed by atoms with E-state index in [1.807, 2.05) is 6.07 Å². The van der Waals surface area contributed by atoms with Gasteiger partial charge in [-0.05, 0) is 40.4 Å². The fraction of sp³-hybridized carbons (Fsp3) is 0.375. The average molecular weight is 425 g/mol. The molecule has 2 aromatic rings. The van der Waals surface area contributed by atoms with Crippen LogP contribution in [0.2, 0.25) is 0 Å². The van der Waals surface area contributed by atoms with Crippen molar-refractivity contribution in [2.75, 3.05) is 18.8 Å². The first-order valence-corrected chi connectivity index (χ1v) is 10.2. The van der Waals surface area contributed by atoms with E-state index in [-0.39, 0.29) is 28.1 Å². The number of sulfonamides is 1. The molecule has 2 atom stereocenters. The molecule has 0 radical (unpaired) electrons. The molecule has 25 heavy (non-hydrogen) atoms. The Bertz CT molecular complexity index is 1000. The van der Waals surface area contributed by atoms with Crippen molar-refractivity contribution in [3.8, 4) is 0 Å². The Morgan fingerprint density at radius 2 is 2.04 bits per heavy atom. The molecule has 2 aliphatic heterocycles. The molecule has 0 spiro atoms. The van der Waals surface area contributed by atoms with Gasteiger partial charge in [-0.1, -0.05) is 6.07 Å². The summed E-state index contributed by atoms with van der Waals surface area (Å²) in [6.45, 7) is 1.27. The van der Waals surface area contributed by atoms with E-state index >= 15 is 0 Å². The number of nitrogen functional groups attached to an aromatic ring is 1. The lowest BCUT2D eigenvalue weighted by Crippen LogP contribution is -2.49. The minimum Gasteiger partial charge on any atom is -0.383 e. The van der Waals surface area contributed by atoms with Gasteiger partial charge >= 0.3 is 0 Å². The highest BCUT2D eigenvalue weighted by molar-refractivity contribution is 9.10. The lowest BCUT2D eigenvalue weighted by Gasteiger charge is -2.42. The summed E-state index contributed by atoms with van der Waals surface area (Å²) in [7, 11) is -3.74. The van der Waals surface area contributed by atoms with E-state index in [9.17, 15) is 13.2 Å². The third-order valence-electron chi connectivity index (χ3n) is 4.91. The van der Waals surface area contributed by atoms with Gasteiger partial charge in [-0.25, -0.2) is 13.4 Å². The number of anilines is 1. The van der Waals surface area contributed by atoms with E-state index in [1.165, 1.54) is 16.6 Å². The molecule has 9 heteroatoms. The van der Waals surface area contributed by atoms with E-state index in [0.717, 1.165) is 12.1 Å². The van der Waals surface area contributed by atoms with Crippen LogP contribution < -0.4 is 11.3 Å². The average Bonchev–Trinajstić information content (AvgIpc) is 2.58. The van der Waals surface area contributed by atoms with Gasteiger partial charge in [-0.2, -0.15) is 4.31 Å². The Hall–Kier alpha value is -1.71. The maximum absolute atomic E-state index is 13.1. The van der Waals surface area contributed by atoms with Crippen molar-refractivity contribution in [1.29, 1.82) is 0 Å². The molecule has 0 aliphatic carbocycles. The Kier molecular flexibility index (Phi) is 3.97. The van der Waals surface area contributed by atoms with E-state index in [0.29, 0.717) is 24.1 Å². The van der Waals surface area contributed by atoms with Crippen molar-refractivity contribution < 1.29 is 8.42 Å². The number of aromatic nitrogens is 2. The topological polar surface area (TPSA) is 98.3 Å². The van der Waals surface area contributed by atoms with Crippen LogP contribution in [0.1, 0.15) is 18.0 Å². The third-order valence-corrected chi connectivity index (χ3v) is 7.21. The first-order valence-electron chi connectivity index (χ1n) is 7.97. The van der Waals surface area contributed by atoms with Crippen molar-refractivity contribution in [3.63, 3.8) is 0 Å². The Morgan fingerprint density at radius 3 is 2.84 bits per heavy atom. The molecule has 0 aromatic carbocycles. The summed E-state index contributed by atoms with van der Waals surface area (Å²) < 4.78 is 30.0. The summed E-state index contributed by atoms with van der Waals surface area (Å²) in [5.74, 6) is 0.121. The minimum atomic E-state index is -3.74. The van der Waals surface area contributed by atoms with Gasteiger partial charge in [0.1, 0.15) is 10.7 Å². The van der Waals surface area contributed by atoms with Crippen LogP contribution in [0.5, 0.6) is 0 Å². The molecule has 2 bridgehead atoms. The molecular weight excluding hydrogens is 408 g/mol. The summed E-state index contributed by atoms with van der Waals surface area (Å²) in [4.78, 5) is 16.0. The second kappa shape index (κ2) is 5.93. The zero-order valence-electron chi connectivity index (χ0n) is 13.3. The number of halogens is 1. The van der Waals surface area contributed by atoms with Gasteiger partial charge in [0.05, 0.1) is 0 Å². The molecule has 7 nitrogen and oxygen atoms in total. The summed E-state index contributed by atoms with van der Waals surface area (Å²) in [6.07, 6.45) is 2.36. The quantitative estimate of drug-likeness (QED) is 0.785. The van der Waals surface area contributed by atoms with Crippen LogP contribution in [-0.2, 0) is 16.6 Å². The fourth-order valence-electron chi connectivity index (χ4n) is 3.83.